The molecule has 1 unspecified atom stereocenters. The highest BCUT2D eigenvalue weighted by Crippen LogP contribution is 2.20. The van der Waals surface area contributed by atoms with E-state index >= 15 is 0 Å². The molecule has 1 heterocycles. The van der Waals surface area contributed by atoms with Gasteiger partial charge in [0.25, 0.3) is 0 Å². The lowest BCUT2D eigenvalue weighted by Gasteiger charge is -2.16. The van der Waals surface area contributed by atoms with Gasteiger partial charge in [-0.1, -0.05) is 19.1 Å². The lowest BCUT2D eigenvalue weighted by molar-refractivity contribution is 0.172. The number of guanidine groups is 1. The van der Waals surface area contributed by atoms with Crippen LogP contribution in [0.15, 0.2) is 46.8 Å². The fourth-order valence-electron chi connectivity index (χ4n) is 2.29. The van der Waals surface area contributed by atoms with E-state index in [1.807, 2.05) is 24.3 Å². The summed E-state index contributed by atoms with van der Waals surface area (Å²) in [4.78, 5) is 5.66. The molecule has 0 fully saturated rings. The number of ether oxygens (including phenoxy) is 2. The van der Waals surface area contributed by atoms with Gasteiger partial charge in [0.2, 0.25) is 0 Å². The Morgan fingerprint density at radius 2 is 2.08 bits per heavy atom. The molecule has 26 heavy (non-hydrogen) atoms. The molecule has 0 amide bonds. The first kappa shape index (κ1) is 22.7. The Kier molecular flexibility index (Phi) is 11.3. The van der Waals surface area contributed by atoms with Gasteiger partial charge in [-0.2, -0.15) is 0 Å². The molecule has 1 atom stereocenters. The Balaban J connectivity index is 0.00000338. The topological polar surface area (TPSA) is 54.9 Å². The van der Waals surface area contributed by atoms with Crippen LogP contribution in [-0.2, 0) is 4.74 Å². The second-order valence-electron chi connectivity index (χ2n) is 5.72. The van der Waals surface area contributed by atoms with E-state index in [1.165, 1.54) is 4.88 Å². The second kappa shape index (κ2) is 12.9. The van der Waals surface area contributed by atoms with Crippen LogP contribution in [0.5, 0.6) is 5.75 Å². The van der Waals surface area contributed by atoms with E-state index in [0.717, 1.165) is 30.4 Å². The summed E-state index contributed by atoms with van der Waals surface area (Å²) in [5.74, 6) is 2.03. The van der Waals surface area contributed by atoms with E-state index in [9.17, 15) is 0 Å². The highest BCUT2D eigenvalue weighted by molar-refractivity contribution is 14.0. The standard InChI is InChI=1S/C19H27N3O2S.HI/c1-15(18-9-5-12-25-18)14-21-19(20-2)22-16-7-4-8-17(13-16)24-11-6-10-23-3;/h4-5,7-9,12-13,15H,6,10-11,14H2,1-3H3,(H2,20,21,22);1H. The molecule has 2 aromatic rings. The van der Waals surface area contributed by atoms with Crippen LogP contribution in [0, 0.1) is 0 Å². The van der Waals surface area contributed by atoms with Crippen LogP contribution < -0.4 is 15.4 Å². The molecule has 0 saturated heterocycles. The summed E-state index contributed by atoms with van der Waals surface area (Å²) in [6, 6.07) is 12.1. The van der Waals surface area contributed by atoms with Gasteiger partial charge in [-0.05, 0) is 23.6 Å². The van der Waals surface area contributed by atoms with Crippen LogP contribution in [-0.4, -0.2) is 39.9 Å². The molecule has 0 saturated carbocycles. The molecule has 0 radical (unpaired) electrons. The molecule has 1 aromatic carbocycles. The zero-order valence-corrected chi connectivity index (χ0v) is 18.7. The molecule has 0 bridgehead atoms. The van der Waals surface area contributed by atoms with E-state index < -0.39 is 0 Å². The number of methoxy groups -OCH3 is 1. The molecular formula is C19H28IN3O2S. The van der Waals surface area contributed by atoms with Gasteiger partial charge in [0, 0.05) is 56.3 Å². The number of thiophene rings is 1. The second-order valence-corrected chi connectivity index (χ2v) is 6.70. The van der Waals surface area contributed by atoms with Gasteiger partial charge in [0.15, 0.2) is 5.96 Å². The lowest BCUT2D eigenvalue weighted by Crippen LogP contribution is -2.33. The van der Waals surface area contributed by atoms with Crippen molar-refractivity contribution in [1.29, 1.82) is 0 Å². The number of anilines is 1. The van der Waals surface area contributed by atoms with Crippen molar-refractivity contribution in [3.8, 4) is 5.75 Å². The van der Waals surface area contributed by atoms with E-state index in [0.29, 0.717) is 19.1 Å². The third kappa shape index (κ3) is 7.92. The molecule has 2 N–H and O–H groups in total. The first-order chi connectivity index (χ1) is 12.2. The maximum Gasteiger partial charge on any atom is 0.195 e. The summed E-state index contributed by atoms with van der Waals surface area (Å²) >= 11 is 1.78. The minimum absolute atomic E-state index is 0. The third-order valence-electron chi connectivity index (χ3n) is 3.69. The van der Waals surface area contributed by atoms with E-state index in [1.54, 1.807) is 25.5 Å². The molecule has 0 aliphatic rings. The van der Waals surface area contributed by atoms with Crippen LogP contribution in [0.25, 0.3) is 0 Å². The minimum Gasteiger partial charge on any atom is -0.493 e. The summed E-state index contributed by atoms with van der Waals surface area (Å²) in [6.07, 6.45) is 0.873. The molecule has 0 aliphatic carbocycles. The Bertz CT molecular complexity index is 650. The molecule has 7 heteroatoms. The molecule has 0 spiro atoms. The van der Waals surface area contributed by atoms with Crippen LogP contribution in [0.4, 0.5) is 5.69 Å². The Morgan fingerprint density at radius 3 is 2.77 bits per heavy atom. The lowest BCUT2D eigenvalue weighted by atomic mass is 10.1. The largest absolute Gasteiger partial charge is 0.493 e. The summed E-state index contributed by atoms with van der Waals surface area (Å²) in [7, 11) is 3.47. The van der Waals surface area contributed by atoms with E-state index in [4.69, 9.17) is 9.47 Å². The van der Waals surface area contributed by atoms with Crippen molar-refractivity contribution in [3.63, 3.8) is 0 Å². The number of nitrogens with zero attached hydrogens (tertiary/aromatic N) is 1. The number of rotatable bonds is 9. The first-order valence-corrected chi connectivity index (χ1v) is 9.33. The molecule has 1 aromatic heterocycles. The molecular weight excluding hydrogens is 461 g/mol. The zero-order chi connectivity index (χ0) is 17.9. The van der Waals surface area contributed by atoms with Gasteiger partial charge >= 0.3 is 0 Å². The smallest absolute Gasteiger partial charge is 0.195 e. The van der Waals surface area contributed by atoms with Gasteiger partial charge in [-0.3, -0.25) is 4.99 Å². The molecule has 144 valence electrons. The summed E-state index contributed by atoms with van der Waals surface area (Å²) in [5.41, 5.74) is 0.945. The SMILES string of the molecule is CN=C(NCC(C)c1cccs1)Nc1cccc(OCCCOC)c1.I. The fraction of sp³-hybridized carbons (Fsp3) is 0.421. The quantitative estimate of drug-likeness (QED) is 0.235. The third-order valence-corrected chi connectivity index (χ3v) is 4.79. The van der Waals surface area contributed by atoms with Gasteiger partial charge < -0.3 is 20.1 Å². The predicted molar refractivity (Wildman–Crippen MR) is 122 cm³/mol. The van der Waals surface area contributed by atoms with Crippen molar-refractivity contribution in [1.82, 2.24) is 5.32 Å². The predicted octanol–water partition coefficient (Wildman–Crippen LogP) is 4.57. The average Bonchev–Trinajstić information content (AvgIpc) is 3.17. The highest BCUT2D eigenvalue weighted by Gasteiger charge is 2.08. The number of hydrogen-bond donors (Lipinski definition) is 2. The van der Waals surface area contributed by atoms with Crippen molar-refractivity contribution in [3.05, 3.63) is 46.7 Å². The molecule has 5 nitrogen and oxygen atoms in total. The van der Waals surface area contributed by atoms with Crippen LogP contribution >= 0.6 is 35.3 Å². The van der Waals surface area contributed by atoms with Crippen molar-refractivity contribution in [2.75, 3.05) is 39.2 Å². The van der Waals surface area contributed by atoms with Crippen LogP contribution in [0.3, 0.4) is 0 Å². The first-order valence-electron chi connectivity index (χ1n) is 8.45. The van der Waals surface area contributed by atoms with Gasteiger partial charge in [0.05, 0.1) is 6.61 Å². The Hall–Kier alpha value is -1.32. The zero-order valence-electron chi connectivity index (χ0n) is 15.5. The van der Waals surface area contributed by atoms with Gasteiger partial charge in [-0.25, -0.2) is 0 Å². The van der Waals surface area contributed by atoms with Crippen molar-refractivity contribution in [2.45, 2.75) is 19.3 Å². The number of halogens is 1. The van der Waals surface area contributed by atoms with Crippen molar-refractivity contribution < 1.29 is 9.47 Å². The maximum absolute atomic E-state index is 5.73. The molecule has 0 aliphatic heterocycles. The Labute approximate surface area is 177 Å². The summed E-state index contributed by atoms with van der Waals surface area (Å²) in [6.45, 7) is 4.38. The van der Waals surface area contributed by atoms with Crippen molar-refractivity contribution >= 4 is 47.0 Å². The maximum atomic E-state index is 5.73. The van der Waals surface area contributed by atoms with Crippen LogP contribution in [0.1, 0.15) is 24.1 Å². The summed E-state index contributed by atoms with van der Waals surface area (Å²) in [5, 5.41) is 8.79. The number of hydrogen-bond acceptors (Lipinski definition) is 4. The van der Waals surface area contributed by atoms with E-state index in [-0.39, 0.29) is 24.0 Å². The Morgan fingerprint density at radius 1 is 1.23 bits per heavy atom. The fourth-order valence-corrected chi connectivity index (χ4v) is 3.08. The van der Waals surface area contributed by atoms with E-state index in [2.05, 4.69) is 40.1 Å². The van der Waals surface area contributed by atoms with Crippen molar-refractivity contribution in [2.24, 2.45) is 4.99 Å². The van der Waals surface area contributed by atoms with Crippen LogP contribution in [0.2, 0.25) is 0 Å². The van der Waals surface area contributed by atoms with Gasteiger partial charge in [-0.15, -0.1) is 35.3 Å². The summed E-state index contributed by atoms with van der Waals surface area (Å²) < 4.78 is 10.8. The average molecular weight is 489 g/mol. The normalized spacial score (nSPS) is 12.2. The molecule has 2 rings (SSSR count). The minimum atomic E-state index is 0. The monoisotopic (exact) mass is 489 g/mol. The number of benzene rings is 1. The number of nitrogens with one attached hydrogen (secondary N) is 2. The number of aliphatic imine (C=N–C) groups is 1. The highest BCUT2D eigenvalue weighted by atomic mass is 127. The van der Waals surface area contributed by atoms with Gasteiger partial charge in [0.1, 0.15) is 5.75 Å².